The zero-order valence-corrected chi connectivity index (χ0v) is 14.0. The number of piperidine rings is 1. The van der Waals surface area contributed by atoms with Gasteiger partial charge in [0.05, 0.1) is 6.10 Å². The molecule has 0 spiro atoms. The number of anilines is 1. The zero-order chi connectivity index (χ0) is 16.5. The second-order valence-corrected chi connectivity index (χ2v) is 6.00. The molecule has 5 nitrogen and oxygen atoms in total. The Labute approximate surface area is 138 Å². The first-order valence-corrected chi connectivity index (χ1v) is 8.42. The standard InChI is InChI=1S/C18H28N2O3/c1-22-13-4-14-23-16-9-11-20(12-10-16)18(21)8-7-15-5-2-3-6-17(15)19/h2-3,5-6,16H,4,7-14,19H2,1H3. The summed E-state index contributed by atoms with van der Waals surface area (Å²) in [4.78, 5) is 14.3. The van der Waals surface area contributed by atoms with Gasteiger partial charge in [0.15, 0.2) is 0 Å². The van der Waals surface area contributed by atoms with Gasteiger partial charge in [0.2, 0.25) is 5.91 Å². The van der Waals surface area contributed by atoms with Gasteiger partial charge < -0.3 is 20.1 Å². The number of nitrogen functional groups attached to an aromatic ring is 1. The van der Waals surface area contributed by atoms with Crippen molar-refractivity contribution in [3.63, 3.8) is 0 Å². The lowest BCUT2D eigenvalue weighted by molar-refractivity contribution is -0.133. The average molecular weight is 320 g/mol. The van der Waals surface area contributed by atoms with Gasteiger partial charge in [0.25, 0.3) is 0 Å². The number of likely N-dealkylation sites (tertiary alicyclic amines) is 1. The molecule has 0 saturated carbocycles. The van der Waals surface area contributed by atoms with E-state index in [1.165, 1.54) is 0 Å². The summed E-state index contributed by atoms with van der Waals surface area (Å²) in [6.07, 6.45) is 4.28. The summed E-state index contributed by atoms with van der Waals surface area (Å²) in [6, 6.07) is 7.75. The minimum absolute atomic E-state index is 0.214. The van der Waals surface area contributed by atoms with Crippen molar-refractivity contribution in [2.24, 2.45) is 0 Å². The predicted octanol–water partition coefficient (Wildman–Crippen LogP) is 2.25. The number of carbonyl (C=O) groups excluding carboxylic acids is 1. The van der Waals surface area contributed by atoms with Crippen LogP contribution in [0.5, 0.6) is 0 Å². The van der Waals surface area contributed by atoms with Crippen LogP contribution in [0.25, 0.3) is 0 Å². The van der Waals surface area contributed by atoms with Gasteiger partial charge in [0.1, 0.15) is 0 Å². The number of rotatable bonds is 8. The van der Waals surface area contributed by atoms with Gasteiger partial charge in [0, 0.05) is 45.5 Å². The fourth-order valence-corrected chi connectivity index (χ4v) is 2.89. The molecule has 2 N–H and O–H groups in total. The quantitative estimate of drug-likeness (QED) is 0.589. The molecule has 1 aliphatic rings. The number of methoxy groups -OCH3 is 1. The molecule has 2 rings (SSSR count). The Morgan fingerprint density at radius 1 is 1.26 bits per heavy atom. The third kappa shape index (κ3) is 5.84. The maximum atomic E-state index is 12.3. The van der Waals surface area contributed by atoms with Crippen molar-refractivity contribution in [3.05, 3.63) is 29.8 Å². The van der Waals surface area contributed by atoms with Gasteiger partial charge in [-0.15, -0.1) is 0 Å². The lowest BCUT2D eigenvalue weighted by Crippen LogP contribution is -2.41. The summed E-state index contributed by atoms with van der Waals surface area (Å²) in [5.74, 6) is 0.214. The Kier molecular flexibility index (Phi) is 7.36. The van der Waals surface area contributed by atoms with E-state index in [0.717, 1.165) is 56.8 Å². The molecule has 1 heterocycles. The van der Waals surface area contributed by atoms with Gasteiger partial charge in [-0.2, -0.15) is 0 Å². The Morgan fingerprint density at radius 3 is 2.70 bits per heavy atom. The summed E-state index contributed by atoms with van der Waals surface area (Å²) in [5, 5.41) is 0. The fourth-order valence-electron chi connectivity index (χ4n) is 2.89. The van der Waals surface area contributed by atoms with Gasteiger partial charge in [-0.3, -0.25) is 4.79 Å². The van der Waals surface area contributed by atoms with Crippen LogP contribution in [0, 0.1) is 0 Å². The number of ether oxygens (including phenoxy) is 2. The minimum Gasteiger partial charge on any atom is -0.399 e. The van der Waals surface area contributed by atoms with E-state index in [1.807, 2.05) is 29.2 Å². The van der Waals surface area contributed by atoms with E-state index in [1.54, 1.807) is 7.11 Å². The lowest BCUT2D eigenvalue weighted by Gasteiger charge is -2.32. The Balaban J connectivity index is 1.66. The Bertz CT molecular complexity index is 485. The summed E-state index contributed by atoms with van der Waals surface area (Å²) < 4.78 is 10.8. The van der Waals surface area contributed by atoms with E-state index in [9.17, 15) is 4.79 Å². The summed E-state index contributed by atoms with van der Waals surface area (Å²) in [5.41, 5.74) is 7.74. The minimum atomic E-state index is 0.214. The van der Waals surface area contributed by atoms with Crippen LogP contribution in [0.3, 0.4) is 0 Å². The molecular formula is C18H28N2O3. The maximum Gasteiger partial charge on any atom is 0.222 e. The Hall–Kier alpha value is -1.59. The molecule has 0 atom stereocenters. The average Bonchev–Trinajstić information content (AvgIpc) is 2.58. The zero-order valence-electron chi connectivity index (χ0n) is 14.0. The van der Waals surface area contributed by atoms with E-state index in [4.69, 9.17) is 15.2 Å². The van der Waals surface area contributed by atoms with E-state index in [0.29, 0.717) is 12.8 Å². The molecule has 1 aromatic carbocycles. The van der Waals surface area contributed by atoms with E-state index < -0.39 is 0 Å². The van der Waals surface area contributed by atoms with Crippen molar-refractivity contribution < 1.29 is 14.3 Å². The third-order valence-corrected chi connectivity index (χ3v) is 4.30. The van der Waals surface area contributed by atoms with E-state index >= 15 is 0 Å². The first-order chi connectivity index (χ1) is 11.2. The van der Waals surface area contributed by atoms with Crippen molar-refractivity contribution in [3.8, 4) is 0 Å². The topological polar surface area (TPSA) is 64.8 Å². The number of para-hydroxylation sites is 1. The third-order valence-electron chi connectivity index (χ3n) is 4.30. The number of carbonyl (C=O) groups is 1. The van der Waals surface area contributed by atoms with Crippen molar-refractivity contribution in [2.75, 3.05) is 39.1 Å². The fraction of sp³-hybridized carbons (Fsp3) is 0.611. The smallest absolute Gasteiger partial charge is 0.222 e. The van der Waals surface area contributed by atoms with Crippen LogP contribution in [0.2, 0.25) is 0 Å². The van der Waals surface area contributed by atoms with Crippen LogP contribution in [0.4, 0.5) is 5.69 Å². The molecule has 0 bridgehead atoms. The van der Waals surface area contributed by atoms with Crippen molar-refractivity contribution in [1.82, 2.24) is 4.90 Å². The predicted molar refractivity (Wildman–Crippen MR) is 91.2 cm³/mol. The first kappa shape index (κ1) is 17.8. The van der Waals surface area contributed by atoms with Crippen LogP contribution in [0.1, 0.15) is 31.2 Å². The van der Waals surface area contributed by atoms with Crippen LogP contribution >= 0.6 is 0 Å². The maximum absolute atomic E-state index is 12.3. The van der Waals surface area contributed by atoms with Crippen LogP contribution in [-0.4, -0.2) is 50.3 Å². The molecule has 0 aromatic heterocycles. The molecule has 0 aliphatic carbocycles. The number of amides is 1. The molecule has 1 saturated heterocycles. The van der Waals surface area contributed by atoms with Gasteiger partial charge >= 0.3 is 0 Å². The highest BCUT2D eigenvalue weighted by Gasteiger charge is 2.22. The first-order valence-electron chi connectivity index (χ1n) is 8.42. The number of nitrogens with zero attached hydrogens (tertiary/aromatic N) is 1. The summed E-state index contributed by atoms with van der Waals surface area (Å²) >= 11 is 0. The second kappa shape index (κ2) is 9.53. The summed E-state index contributed by atoms with van der Waals surface area (Å²) in [7, 11) is 1.70. The van der Waals surface area contributed by atoms with Gasteiger partial charge in [-0.05, 0) is 37.3 Å². The highest BCUT2D eigenvalue weighted by Crippen LogP contribution is 2.17. The molecule has 23 heavy (non-hydrogen) atoms. The van der Waals surface area contributed by atoms with Gasteiger partial charge in [-0.1, -0.05) is 18.2 Å². The number of benzene rings is 1. The number of nitrogens with two attached hydrogens (primary N) is 1. The molecule has 1 fully saturated rings. The highest BCUT2D eigenvalue weighted by molar-refractivity contribution is 5.76. The lowest BCUT2D eigenvalue weighted by atomic mass is 10.0. The molecule has 0 radical (unpaired) electrons. The van der Waals surface area contributed by atoms with E-state index in [2.05, 4.69) is 0 Å². The molecule has 5 heteroatoms. The number of hydrogen-bond donors (Lipinski definition) is 1. The molecule has 1 aromatic rings. The normalized spacial score (nSPS) is 15.8. The van der Waals surface area contributed by atoms with E-state index in [-0.39, 0.29) is 12.0 Å². The van der Waals surface area contributed by atoms with Crippen molar-refractivity contribution >= 4 is 11.6 Å². The number of hydrogen-bond acceptors (Lipinski definition) is 4. The van der Waals surface area contributed by atoms with Crippen LogP contribution < -0.4 is 5.73 Å². The molecule has 128 valence electrons. The molecular weight excluding hydrogens is 292 g/mol. The molecule has 0 unspecified atom stereocenters. The van der Waals surface area contributed by atoms with Gasteiger partial charge in [-0.25, -0.2) is 0 Å². The van der Waals surface area contributed by atoms with Crippen molar-refractivity contribution in [1.29, 1.82) is 0 Å². The van der Waals surface area contributed by atoms with Crippen LogP contribution in [-0.2, 0) is 20.7 Å². The monoisotopic (exact) mass is 320 g/mol. The highest BCUT2D eigenvalue weighted by atomic mass is 16.5. The summed E-state index contributed by atoms with van der Waals surface area (Å²) in [6.45, 7) is 3.05. The van der Waals surface area contributed by atoms with Crippen molar-refractivity contribution in [2.45, 2.75) is 38.2 Å². The molecule has 1 aliphatic heterocycles. The van der Waals surface area contributed by atoms with Crippen LogP contribution in [0.15, 0.2) is 24.3 Å². The Morgan fingerprint density at radius 2 is 2.00 bits per heavy atom. The number of aryl methyl sites for hydroxylation is 1. The second-order valence-electron chi connectivity index (χ2n) is 6.00. The largest absolute Gasteiger partial charge is 0.399 e. The molecule has 1 amide bonds. The SMILES string of the molecule is COCCCOC1CCN(C(=O)CCc2ccccc2N)CC1.